The Morgan fingerprint density at radius 1 is 1.00 bits per heavy atom. The number of carbonyl (C=O) groups is 1. The van der Waals surface area contributed by atoms with Gasteiger partial charge in [0.1, 0.15) is 10.0 Å². The average Bonchev–Trinajstić information content (AvgIpc) is 3.44. The van der Waals surface area contributed by atoms with Gasteiger partial charge < -0.3 is 9.64 Å². The molecule has 0 aliphatic heterocycles. The molecule has 7 rings (SSSR count). The number of hydrogen-bond donors (Lipinski definition) is 0. The highest BCUT2D eigenvalue weighted by Crippen LogP contribution is 2.58. The predicted octanol–water partition coefficient (Wildman–Crippen LogP) is 7.12. The van der Waals surface area contributed by atoms with Crippen molar-refractivity contribution in [3.8, 4) is 17.0 Å². The number of pyridine rings is 1. The number of amides is 1. The van der Waals surface area contributed by atoms with Crippen molar-refractivity contribution < 1.29 is 9.53 Å². The Hall–Kier alpha value is -2.80. The second-order valence-electron chi connectivity index (χ2n) is 11.8. The lowest BCUT2D eigenvalue weighted by Gasteiger charge is -2.54. The van der Waals surface area contributed by atoms with Crippen LogP contribution < -0.4 is 9.64 Å². The van der Waals surface area contributed by atoms with Crippen molar-refractivity contribution in [2.24, 2.45) is 11.3 Å². The lowest BCUT2D eigenvalue weighted by Crippen LogP contribution is -2.51. The number of aryl methyl sites for hydroxylation is 1. The third kappa shape index (κ3) is 4.86. The van der Waals surface area contributed by atoms with Gasteiger partial charge in [-0.15, -0.1) is 21.5 Å². The molecular weight excluding hydrogens is 492 g/mol. The first kappa shape index (κ1) is 25.5. The van der Waals surface area contributed by atoms with Gasteiger partial charge in [-0.25, -0.2) is 4.98 Å². The van der Waals surface area contributed by atoms with Crippen molar-refractivity contribution in [2.75, 3.05) is 18.6 Å². The maximum atomic E-state index is 14.2. The summed E-state index contributed by atoms with van der Waals surface area (Å²) in [5, 5.41) is 11.2. The van der Waals surface area contributed by atoms with Gasteiger partial charge in [0.15, 0.2) is 0 Å². The smallest absolute Gasteiger partial charge is 0.230 e. The fourth-order valence-corrected chi connectivity index (χ4v) is 8.05. The van der Waals surface area contributed by atoms with E-state index in [-0.39, 0.29) is 16.7 Å². The van der Waals surface area contributed by atoms with E-state index in [0.29, 0.717) is 11.8 Å². The van der Waals surface area contributed by atoms with Gasteiger partial charge in [-0.3, -0.25) is 4.79 Å². The first-order chi connectivity index (χ1) is 18.5. The number of ether oxygens (including phenoxy) is 1. The van der Waals surface area contributed by atoms with Crippen LogP contribution in [0, 0.1) is 18.3 Å². The first-order valence-corrected chi connectivity index (χ1v) is 15.0. The van der Waals surface area contributed by atoms with Gasteiger partial charge in [0.05, 0.1) is 7.11 Å². The molecule has 0 saturated heterocycles. The van der Waals surface area contributed by atoms with Crippen molar-refractivity contribution in [1.29, 1.82) is 0 Å². The van der Waals surface area contributed by atoms with Crippen LogP contribution >= 0.6 is 11.3 Å². The van der Waals surface area contributed by atoms with Gasteiger partial charge in [-0.1, -0.05) is 31.4 Å². The third-order valence-corrected chi connectivity index (χ3v) is 10.6. The minimum atomic E-state index is 0.139. The monoisotopic (exact) mass is 530 g/mol. The lowest BCUT2D eigenvalue weighted by atomic mass is 9.53. The summed E-state index contributed by atoms with van der Waals surface area (Å²) in [7, 11) is 1.64. The second-order valence-corrected chi connectivity index (χ2v) is 13.0. The van der Waals surface area contributed by atoms with Crippen molar-refractivity contribution in [3.05, 3.63) is 52.6 Å². The van der Waals surface area contributed by atoms with Gasteiger partial charge in [0, 0.05) is 35.8 Å². The molecule has 0 unspecified atom stereocenters. The molecule has 38 heavy (non-hydrogen) atoms. The summed E-state index contributed by atoms with van der Waals surface area (Å²) in [4.78, 5) is 20.6. The number of fused-ring (bicyclic) bond motifs is 3. The zero-order chi connectivity index (χ0) is 26.2. The van der Waals surface area contributed by atoms with Crippen LogP contribution in [0.4, 0.5) is 5.69 Å². The molecule has 1 amide bonds. The molecule has 6 nitrogen and oxygen atoms in total. The summed E-state index contributed by atoms with van der Waals surface area (Å²) in [6.45, 7) is 2.87. The Morgan fingerprint density at radius 3 is 2.42 bits per heavy atom. The molecule has 1 aromatic carbocycles. The van der Waals surface area contributed by atoms with Crippen molar-refractivity contribution in [2.45, 2.75) is 83.0 Å². The number of benzene rings is 1. The van der Waals surface area contributed by atoms with Gasteiger partial charge in [-0.2, -0.15) is 0 Å². The largest absolute Gasteiger partial charge is 0.481 e. The van der Waals surface area contributed by atoms with Gasteiger partial charge in [-0.05, 0) is 93.0 Å². The summed E-state index contributed by atoms with van der Waals surface area (Å²) in [5.74, 6) is 1.06. The van der Waals surface area contributed by atoms with Crippen molar-refractivity contribution in [3.63, 3.8) is 0 Å². The van der Waals surface area contributed by atoms with Gasteiger partial charge in [0.2, 0.25) is 11.8 Å². The molecule has 4 aliphatic rings. The lowest BCUT2D eigenvalue weighted by molar-refractivity contribution is -0.124. The molecule has 200 valence electrons. The predicted molar refractivity (Wildman–Crippen MR) is 152 cm³/mol. The standard InChI is InChI=1S/C31H38N4O2S/c1-22-33-34-29(38-22)31-15-12-30(13-16-31,14-17-31)21-35(28(36)23-7-4-3-5-8-23)26-10-6-9-24(19-26)25-11-18-32-27(20-25)37-2/h6,9-11,18-20,23H,3-5,7-8,12-17,21H2,1-2H3. The number of carbonyl (C=O) groups excluding carboxylic acids is 1. The van der Waals surface area contributed by atoms with Crippen molar-refractivity contribution >= 4 is 22.9 Å². The molecular formula is C31H38N4O2S. The van der Waals surface area contributed by atoms with Crippen LogP contribution in [0.1, 0.15) is 80.6 Å². The number of anilines is 1. The third-order valence-electron chi connectivity index (χ3n) is 9.53. The molecule has 0 atom stereocenters. The zero-order valence-electron chi connectivity index (χ0n) is 22.6. The average molecular weight is 531 g/mol. The molecule has 4 fully saturated rings. The number of aromatic nitrogens is 3. The van der Waals surface area contributed by atoms with E-state index < -0.39 is 0 Å². The van der Waals surface area contributed by atoms with Crippen LogP contribution in [0.25, 0.3) is 11.1 Å². The summed E-state index contributed by atoms with van der Waals surface area (Å²) < 4.78 is 5.36. The van der Waals surface area contributed by atoms with E-state index in [1.54, 1.807) is 24.6 Å². The maximum Gasteiger partial charge on any atom is 0.230 e. The summed E-state index contributed by atoms with van der Waals surface area (Å²) in [6.07, 6.45) is 14.3. The molecule has 2 bridgehead atoms. The van der Waals surface area contributed by atoms with Crippen LogP contribution in [0.15, 0.2) is 42.6 Å². The zero-order valence-corrected chi connectivity index (χ0v) is 23.4. The normalized spacial score (nSPS) is 25.3. The Balaban J connectivity index is 1.29. The minimum Gasteiger partial charge on any atom is -0.481 e. The minimum absolute atomic E-state index is 0.139. The van der Waals surface area contributed by atoms with Crippen LogP contribution in [0.2, 0.25) is 0 Å². The SMILES string of the molecule is COc1cc(-c2cccc(N(CC34CCC(c5nnc(C)s5)(CC3)CC4)C(=O)C3CCCCC3)c2)ccn1. The summed E-state index contributed by atoms with van der Waals surface area (Å²) in [6, 6.07) is 12.5. The van der Waals surface area contributed by atoms with Gasteiger partial charge >= 0.3 is 0 Å². The number of nitrogens with zero attached hydrogens (tertiary/aromatic N) is 4. The Labute approximate surface area is 229 Å². The number of methoxy groups -OCH3 is 1. The second kappa shape index (κ2) is 10.4. The highest BCUT2D eigenvalue weighted by atomic mass is 32.1. The Morgan fingerprint density at radius 2 is 1.74 bits per heavy atom. The van der Waals surface area contributed by atoms with E-state index in [9.17, 15) is 4.79 Å². The molecule has 0 spiro atoms. The molecule has 7 heteroatoms. The maximum absolute atomic E-state index is 14.2. The van der Waals surface area contributed by atoms with E-state index in [0.717, 1.165) is 92.6 Å². The molecule has 3 aromatic rings. The van der Waals surface area contributed by atoms with E-state index in [4.69, 9.17) is 4.74 Å². The molecule has 2 aromatic heterocycles. The molecule has 4 aliphatic carbocycles. The van der Waals surface area contributed by atoms with Gasteiger partial charge in [0.25, 0.3) is 0 Å². The Bertz CT molecular complexity index is 1270. The summed E-state index contributed by atoms with van der Waals surface area (Å²) in [5.41, 5.74) is 3.54. The topological polar surface area (TPSA) is 68.2 Å². The van der Waals surface area contributed by atoms with Crippen LogP contribution in [0.3, 0.4) is 0 Å². The summed E-state index contributed by atoms with van der Waals surface area (Å²) >= 11 is 1.78. The Kier molecular flexibility index (Phi) is 6.97. The fraction of sp³-hybridized carbons (Fsp3) is 0.548. The number of rotatable bonds is 7. The quantitative estimate of drug-likeness (QED) is 0.325. The van der Waals surface area contributed by atoms with E-state index >= 15 is 0 Å². The van der Waals surface area contributed by atoms with E-state index in [1.165, 1.54) is 11.4 Å². The fourth-order valence-electron chi connectivity index (χ4n) is 7.09. The van der Waals surface area contributed by atoms with Crippen molar-refractivity contribution in [1.82, 2.24) is 15.2 Å². The molecule has 2 heterocycles. The highest BCUT2D eigenvalue weighted by Gasteiger charge is 2.52. The van der Waals surface area contributed by atoms with Crippen LogP contribution in [-0.2, 0) is 10.2 Å². The number of hydrogen-bond acceptors (Lipinski definition) is 6. The van der Waals surface area contributed by atoms with Crippen LogP contribution in [-0.4, -0.2) is 34.7 Å². The highest BCUT2D eigenvalue weighted by molar-refractivity contribution is 7.11. The first-order valence-electron chi connectivity index (χ1n) is 14.2. The van der Waals surface area contributed by atoms with E-state index in [1.807, 2.05) is 12.1 Å². The molecule has 0 radical (unpaired) electrons. The molecule has 4 saturated carbocycles. The van der Waals surface area contributed by atoms with Crippen LogP contribution in [0.5, 0.6) is 5.88 Å². The molecule has 0 N–H and O–H groups in total. The van der Waals surface area contributed by atoms with E-state index in [2.05, 4.69) is 51.3 Å².